The second-order valence-electron chi connectivity index (χ2n) is 7.80. The van der Waals surface area contributed by atoms with Crippen molar-refractivity contribution in [2.75, 3.05) is 19.7 Å². The van der Waals surface area contributed by atoms with E-state index in [1.807, 2.05) is 37.1 Å². The van der Waals surface area contributed by atoms with Crippen molar-refractivity contribution < 1.29 is 9.53 Å². The zero-order valence-corrected chi connectivity index (χ0v) is 15.5. The summed E-state index contributed by atoms with van der Waals surface area (Å²) in [5.41, 5.74) is 2.75. The maximum atomic E-state index is 12.8. The van der Waals surface area contributed by atoms with E-state index in [4.69, 9.17) is 4.74 Å². The summed E-state index contributed by atoms with van der Waals surface area (Å²) >= 11 is 0. The van der Waals surface area contributed by atoms with Crippen LogP contribution < -0.4 is 0 Å². The van der Waals surface area contributed by atoms with Crippen LogP contribution in [-0.4, -0.2) is 45.3 Å². The van der Waals surface area contributed by atoms with E-state index in [1.165, 1.54) is 12.8 Å². The highest BCUT2D eigenvalue weighted by Gasteiger charge is 2.50. The summed E-state index contributed by atoms with van der Waals surface area (Å²) < 4.78 is 7.76. The van der Waals surface area contributed by atoms with Crippen LogP contribution in [0.5, 0.6) is 0 Å². The maximum Gasteiger partial charge on any atom is 0.257 e. The fraction of sp³-hybridized carbons (Fsp3) is 0.550. The Bertz CT molecular complexity index is 803. The molecule has 2 fully saturated rings. The summed E-state index contributed by atoms with van der Waals surface area (Å²) in [5, 5.41) is 4.13. The van der Waals surface area contributed by atoms with Crippen molar-refractivity contribution in [3.05, 3.63) is 47.5 Å². The standard InChI is InChI=1S/C20H26N4O2/c1-15-5-3-7-18(22-15)12-26-14-20-8-4-6-17(20)11-24(13-20)19(25)16-9-21-23(2)10-16/h3,5,7,9-10,17H,4,6,8,11-14H2,1-2H3/t17-,20+/m0/s1. The Labute approximate surface area is 154 Å². The molecule has 0 radical (unpaired) electrons. The van der Waals surface area contributed by atoms with Gasteiger partial charge in [0.25, 0.3) is 5.91 Å². The van der Waals surface area contributed by atoms with Crippen LogP contribution in [0, 0.1) is 18.3 Å². The molecule has 0 bridgehead atoms. The van der Waals surface area contributed by atoms with Crippen molar-refractivity contribution in [2.24, 2.45) is 18.4 Å². The summed E-state index contributed by atoms with van der Waals surface area (Å²) in [7, 11) is 1.84. The topological polar surface area (TPSA) is 60.2 Å². The average Bonchev–Trinajstić information content (AvgIpc) is 3.28. The first-order chi connectivity index (χ1) is 12.6. The number of aryl methyl sites for hydroxylation is 2. The maximum absolute atomic E-state index is 12.8. The van der Waals surface area contributed by atoms with Gasteiger partial charge in [0.2, 0.25) is 0 Å². The van der Waals surface area contributed by atoms with Crippen LogP contribution in [-0.2, 0) is 18.4 Å². The van der Waals surface area contributed by atoms with Crippen molar-refractivity contribution in [1.29, 1.82) is 0 Å². The number of fused-ring (bicyclic) bond motifs is 1. The van der Waals surface area contributed by atoms with Gasteiger partial charge in [0, 0.05) is 37.4 Å². The lowest BCUT2D eigenvalue weighted by Crippen LogP contribution is -2.34. The van der Waals surface area contributed by atoms with Gasteiger partial charge in [-0.25, -0.2) is 0 Å². The molecular weight excluding hydrogens is 328 g/mol. The number of hydrogen-bond donors (Lipinski definition) is 0. The van der Waals surface area contributed by atoms with Crippen molar-refractivity contribution in [2.45, 2.75) is 32.8 Å². The van der Waals surface area contributed by atoms with Crippen LogP contribution >= 0.6 is 0 Å². The molecule has 1 aliphatic heterocycles. The molecule has 6 nitrogen and oxygen atoms in total. The average molecular weight is 354 g/mol. The van der Waals surface area contributed by atoms with E-state index < -0.39 is 0 Å². The van der Waals surface area contributed by atoms with Crippen molar-refractivity contribution in [1.82, 2.24) is 19.7 Å². The molecule has 26 heavy (non-hydrogen) atoms. The van der Waals surface area contributed by atoms with Crippen LogP contribution in [0.3, 0.4) is 0 Å². The predicted molar refractivity (Wildman–Crippen MR) is 97.5 cm³/mol. The minimum absolute atomic E-state index is 0.0900. The number of ether oxygens (including phenoxy) is 1. The van der Waals surface area contributed by atoms with Gasteiger partial charge in [-0.2, -0.15) is 5.10 Å². The second-order valence-corrected chi connectivity index (χ2v) is 7.80. The van der Waals surface area contributed by atoms with E-state index in [1.54, 1.807) is 17.1 Å². The van der Waals surface area contributed by atoms with Crippen molar-refractivity contribution in [3.63, 3.8) is 0 Å². The molecule has 4 rings (SSSR count). The summed E-state index contributed by atoms with van der Waals surface area (Å²) in [4.78, 5) is 19.3. The van der Waals surface area contributed by atoms with Gasteiger partial charge in [0.05, 0.1) is 30.7 Å². The van der Waals surface area contributed by atoms with E-state index >= 15 is 0 Å². The molecule has 0 N–H and O–H groups in total. The number of likely N-dealkylation sites (tertiary alicyclic amines) is 1. The molecule has 2 aromatic rings. The highest BCUT2D eigenvalue weighted by molar-refractivity contribution is 5.94. The minimum atomic E-state index is 0.0900. The SMILES string of the molecule is Cc1cccc(COC[C@]23CCC[C@H]2CN(C(=O)c2cnn(C)c2)C3)n1. The van der Waals surface area contributed by atoms with Crippen LogP contribution in [0.15, 0.2) is 30.6 Å². The lowest BCUT2D eigenvalue weighted by atomic mass is 9.81. The molecule has 138 valence electrons. The smallest absolute Gasteiger partial charge is 0.257 e. The third-order valence-corrected chi connectivity index (χ3v) is 5.86. The first-order valence-corrected chi connectivity index (χ1v) is 9.34. The molecule has 2 aromatic heterocycles. The molecule has 0 aromatic carbocycles. The molecule has 0 spiro atoms. The number of hydrogen-bond acceptors (Lipinski definition) is 4. The number of nitrogens with zero attached hydrogens (tertiary/aromatic N) is 4. The lowest BCUT2D eigenvalue weighted by Gasteiger charge is -2.28. The monoisotopic (exact) mass is 354 g/mol. The molecule has 6 heteroatoms. The fourth-order valence-electron chi connectivity index (χ4n) is 4.56. The second kappa shape index (κ2) is 6.83. The summed E-state index contributed by atoms with van der Waals surface area (Å²) in [6.07, 6.45) is 7.00. The quantitative estimate of drug-likeness (QED) is 0.828. The Balaban J connectivity index is 1.40. The Kier molecular flexibility index (Phi) is 4.53. The van der Waals surface area contributed by atoms with Gasteiger partial charge in [-0.05, 0) is 37.8 Å². The van der Waals surface area contributed by atoms with E-state index in [-0.39, 0.29) is 11.3 Å². The van der Waals surface area contributed by atoms with Crippen LogP contribution in [0.2, 0.25) is 0 Å². The highest BCUT2D eigenvalue weighted by Crippen LogP contribution is 2.49. The summed E-state index contributed by atoms with van der Waals surface area (Å²) in [6, 6.07) is 6.01. The Morgan fingerprint density at radius 2 is 2.31 bits per heavy atom. The summed E-state index contributed by atoms with van der Waals surface area (Å²) in [5.74, 6) is 0.626. The molecule has 1 saturated carbocycles. The molecule has 2 aliphatic rings. The molecule has 3 heterocycles. The zero-order valence-electron chi connectivity index (χ0n) is 15.5. The van der Waals surface area contributed by atoms with Gasteiger partial charge in [-0.3, -0.25) is 14.5 Å². The highest BCUT2D eigenvalue weighted by atomic mass is 16.5. The first-order valence-electron chi connectivity index (χ1n) is 9.34. The van der Waals surface area contributed by atoms with Crippen molar-refractivity contribution in [3.8, 4) is 0 Å². The van der Waals surface area contributed by atoms with E-state index in [2.05, 4.69) is 10.1 Å². The van der Waals surface area contributed by atoms with Crippen LogP contribution in [0.1, 0.15) is 41.0 Å². The number of carbonyl (C=O) groups is 1. The molecule has 1 aliphatic carbocycles. The van der Waals surface area contributed by atoms with Gasteiger partial charge in [0.15, 0.2) is 0 Å². The Morgan fingerprint density at radius 1 is 1.42 bits per heavy atom. The van der Waals surface area contributed by atoms with E-state index in [0.717, 1.165) is 30.9 Å². The number of amides is 1. The van der Waals surface area contributed by atoms with Gasteiger partial charge < -0.3 is 9.64 Å². The molecule has 0 unspecified atom stereocenters. The molecular formula is C20H26N4O2. The normalized spacial score (nSPS) is 24.8. The third kappa shape index (κ3) is 3.26. The first kappa shape index (κ1) is 17.2. The largest absolute Gasteiger partial charge is 0.375 e. The molecule has 2 atom stereocenters. The lowest BCUT2D eigenvalue weighted by molar-refractivity contribution is 0.0252. The number of rotatable bonds is 5. The Hall–Kier alpha value is -2.21. The van der Waals surface area contributed by atoms with Gasteiger partial charge >= 0.3 is 0 Å². The van der Waals surface area contributed by atoms with E-state index in [0.29, 0.717) is 24.7 Å². The number of carbonyl (C=O) groups excluding carboxylic acids is 1. The predicted octanol–water partition coefficient (Wildman–Crippen LogP) is 2.58. The minimum Gasteiger partial charge on any atom is -0.375 e. The van der Waals surface area contributed by atoms with Gasteiger partial charge in [0.1, 0.15) is 0 Å². The fourth-order valence-corrected chi connectivity index (χ4v) is 4.56. The molecule has 1 saturated heterocycles. The van der Waals surface area contributed by atoms with Crippen molar-refractivity contribution >= 4 is 5.91 Å². The van der Waals surface area contributed by atoms with Crippen LogP contribution in [0.25, 0.3) is 0 Å². The number of pyridine rings is 1. The van der Waals surface area contributed by atoms with Gasteiger partial charge in [-0.1, -0.05) is 12.5 Å². The molecule has 1 amide bonds. The third-order valence-electron chi connectivity index (χ3n) is 5.86. The van der Waals surface area contributed by atoms with E-state index in [9.17, 15) is 4.79 Å². The summed E-state index contributed by atoms with van der Waals surface area (Å²) in [6.45, 7) is 4.84. The number of aromatic nitrogens is 3. The van der Waals surface area contributed by atoms with Crippen LogP contribution in [0.4, 0.5) is 0 Å². The zero-order chi connectivity index (χ0) is 18.1. The van der Waals surface area contributed by atoms with Gasteiger partial charge in [-0.15, -0.1) is 0 Å². The Morgan fingerprint density at radius 3 is 3.08 bits per heavy atom.